The molecule has 5 rings (SSSR count). The van der Waals surface area contributed by atoms with Crippen LogP contribution in [0.4, 0.5) is 11.4 Å². The monoisotopic (exact) mass is 597 g/mol. The first-order valence-electron chi connectivity index (χ1n) is 11.3. The molecule has 2 atom stereocenters. The van der Waals surface area contributed by atoms with Gasteiger partial charge in [-0.1, -0.05) is 22.0 Å². The van der Waals surface area contributed by atoms with E-state index in [-0.39, 0.29) is 12.1 Å². The Hall–Kier alpha value is -3.41. The van der Waals surface area contributed by atoms with Gasteiger partial charge in [0.25, 0.3) is 0 Å². The molecule has 0 amide bonds. The molecule has 0 saturated carbocycles. The van der Waals surface area contributed by atoms with Crippen molar-refractivity contribution in [3.05, 3.63) is 101 Å². The third-order valence-corrected chi connectivity index (χ3v) is 7.48. The van der Waals surface area contributed by atoms with Gasteiger partial charge in [0.1, 0.15) is 11.8 Å². The maximum atomic E-state index is 12.0. The summed E-state index contributed by atoms with van der Waals surface area (Å²) in [6.45, 7) is 0. The number of methoxy groups -OCH3 is 1. The minimum atomic E-state index is -3.54. The van der Waals surface area contributed by atoms with Gasteiger partial charge in [0.15, 0.2) is 5.11 Å². The van der Waals surface area contributed by atoms with E-state index in [1.54, 1.807) is 18.3 Å². The molecule has 1 saturated heterocycles. The van der Waals surface area contributed by atoms with Crippen LogP contribution in [0.1, 0.15) is 23.5 Å². The molecule has 2 N–H and O–H groups in total. The van der Waals surface area contributed by atoms with Crippen molar-refractivity contribution in [2.45, 2.75) is 12.1 Å². The topological polar surface area (TPSA) is 88.5 Å². The number of halogens is 1. The highest BCUT2D eigenvalue weighted by Gasteiger charge is 2.42. The Kier molecular flexibility index (Phi) is 6.93. The van der Waals surface area contributed by atoms with Crippen LogP contribution >= 0.6 is 28.1 Å². The smallest absolute Gasteiger partial charge is 0.229 e. The van der Waals surface area contributed by atoms with Crippen molar-refractivity contribution in [1.29, 1.82) is 0 Å². The minimum Gasteiger partial charge on any atom is -0.495 e. The second-order valence-corrected chi connectivity index (χ2v) is 11.6. The number of nitrogens with one attached hydrogen (secondary N) is 2. The van der Waals surface area contributed by atoms with Crippen LogP contribution in [0.25, 0.3) is 5.69 Å². The van der Waals surface area contributed by atoms with Crippen LogP contribution < -0.4 is 19.7 Å². The Morgan fingerprint density at radius 3 is 2.49 bits per heavy atom. The quantitative estimate of drug-likeness (QED) is 0.283. The summed E-state index contributed by atoms with van der Waals surface area (Å²) in [6.07, 6.45) is 4.87. The fraction of sp³-hybridized carbons (Fsp3) is 0.154. The largest absolute Gasteiger partial charge is 0.495 e. The van der Waals surface area contributed by atoms with E-state index < -0.39 is 10.0 Å². The summed E-state index contributed by atoms with van der Waals surface area (Å²) in [6, 6.07) is 22.7. The molecule has 0 radical (unpaired) electrons. The van der Waals surface area contributed by atoms with Gasteiger partial charge in [-0.05, 0) is 78.9 Å². The Morgan fingerprint density at radius 1 is 1.05 bits per heavy atom. The molecule has 0 unspecified atom stereocenters. The van der Waals surface area contributed by atoms with Crippen molar-refractivity contribution >= 4 is 54.7 Å². The number of aromatic nitrogens is 2. The lowest BCUT2D eigenvalue weighted by Crippen LogP contribution is -2.30. The first kappa shape index (κ1) is 25.2. The zero-order valence-corrected chi connectivity index (χ0v) is 23.2. The summed E-state index contributed by atoms with van der Waals surface area (Å²) in [7, 11) is -2.04. The lowest BCUT2D eigenvalue weighted by molar-refractivity contribution is 0.417. The van der Waals surface area contributed by atoms with Crippen LogP contribution in [0.3, 0.4) is 0 Å². The molecule has 8 nitrogen and oxygen atoms in total. The van der Waals surface area contributed by atoms with Gasteiger partial charge in [0.2, 0.25) is 10.0 Å². The average molecular weight is 599 g/mol. The van der Waals surface area contributed by atoms with Crippen molar-refractivity contribution in [2.24, 2.45) is 0 Å². The number of anilines is 2. The second kappa shape index (κ2) is 10.2. The van der Waals surface area contributed by atoms with Crippen LogP contribution in [-0.2, 0) is 10.0 Å². The Labute approximate surface area is 229 Å². The van der Waals surface area contributed by atoms with Crippen LogP contribution in [0.5, 0.6) is 5.75 Å². The molecule has 11 heteroatoms. The normalized spacial score (nSPS) is 17.5. The summed E-state index contributed by atoms with van der Waals surface area (Å²) in [5.74, 6) is 0.406. The second-order valence-electron chi connectivity index (χ2n) is 8.53. The zero-order chi connectivity index (χ0) is 26.2. The molecule has 1 fully saturated rings. The molecule has 190 valence electrons. The molecular weight excluding hydrogens is 574 g/mol. The Morgan fingerprint density at radius 2 is 1.81 bits per heavy atom. The summed E-state index contributed by atoms with van der Waals surface area (Å²) in [4.78, 5) is 6.61. The van der Waals surface area contributed by atoms with E-state index in [0.29, 0.717) is 22.2 Å². The van der Waals surface area contributed by atoms with E-state index in [1.165, 1.54) is 7.11 Å². The average Bonchev–Trinajstić information content (AvgIpc) is 3.48. The number of ether oxygens (including phenoxy) is 1. The maximum absolute atomic E-state index is 12.0. The molecule has 1 aliphatic heterocycles. The third-order valence-electron chi connectivity index (χ3n) is 6.04. The number of hydrogen-bond acceptors (Lipinski definition) is 5. The van der Waals surface area contributed by atoms with Crippen molar-refractivity contribution in [1.82, 2.24) is 14.9 Å². The van der Waals surface area contributed by atoms with Gasteiger partial charge in [-0.25, -0.2) is 8.42 Å². The predicted molar refractivity (Wildman–Crippen MR) is 153 cm³/mol. The van der Waals surface area contributed by atoms with Crippen LogP contribution in [-0.4, -0.2) is 36.4 Å². The highest BCUT2D eigenvalue weighted by atomic mass is 79.9. The highest BCUT2D eigenvalue weighted by molar-refractivity contribution is 9.10. The number of thiocarbonyl (C=S) groups is 1. The molecule has 2 aromatic carbocycles. The van der Waals surface area contributed by atoms with Gasteiger partial charge in [0.05, 0.1) is 30.8 Å². The summed E-state index contributed by atoms with van der Waals surface area (Å²) in [5.41, 5.74) is 3.85. The molecule has 0 bridgehead atoms. The fourth-order valence-electron chi connectivity index (χ4n) is 4.53. The van der Waals surface area contributed by atoms with E-state index in [4.69, 9.17) is 17.0 Å². The van der Waals surface area contributed by atoms with Crippen molar-refractivity contribution in [3.8, 4) is 11.4 Å². The van der Waals surface area contributed by atoms with Crippen LogP contribution in [0, 0.1) is 0 Å². The molecular formula is C26H24BrN5O3S2. The Balaban J connectivity index is 1.66. The van der Waals surface area contributed by atoms with E-state index in [1.807, 2.05) is 65.7 Å². The van der Waals surface area contributed by atoms with Gasteiger partial charge in [0, 0.05) is 33.9 Å². The maximum Gasteiger partial charge on any atom is 0.229 e. The molecule has 0 spiro atoms. The first-order valence-corrected chi connectivity index (χ1v) is 14.4. The van der Waals surface area contributed by atoms with Gasteiger partial charge in [-0.2, -0.15) is 0 Å². The van der Waals surface area contributed by atoms with Gasteiger partial charge < -0.3 is 19.5 Å². The number of sulfonamides is 1. The highest BCUT2D eigenvalue weighted by Crippen LogP contribution is 2.44. The predicted octanol–water partition coefficient (Wildman–Crippen LogP) is 5.19. The molecule has 3 heterocycles. The van der Waals surface area contributed by atoms with E-state index in [0.717, 1.165) is 27.8 Å². The van der Waals surface area contributed by atoms with Crippen molar-refractivity contribution < 1.29 is 13.2 Å². The lowest BCUT2D eigenvalue weighted by Gasteiger charge is -2.29. The van der Waals surface area contributed by atoms with Gasteiger partial charge in [-0.3, -0.25) is 9.71 Å². The summed E-state index contributed by atoms with van der Waals surface area (Å²) in [5, 5.41) is 3.95. The zero-order valence-electron chi connectivity index (χ0n) is 20.0. The summed E-state index contributed by atoms with van der Waals surface area (Å²) >= 11 is 9.35. The van der Waals surface area contributed by atoms with Gasteiger partial charge >= 0.3 is 0 Å². The van der Waals surface area contributed by atoms with Crippen molar-refractivity contribution in [3.63, 3.8) is 0 Å². The van der Waals surface area contributed by atoms with E-state index >= 15 is 0 Å². The molecule has 37 heavy (non-hydrogen) atoms. The van der Waals surface area contributed by atoms with E-state index in [9.17, 15) is 8.42 Å². The minimum absolute atomic E-state index is 0.258. The lowest BCUT2D eigenvalue weighted by atomic mass is 10.0. The summed E-state index contributed by atoms with van der Waals surface area (Å²) < 4.78 is 35.2. The first-order chi connectivity index (χ1) is 17.7. The number of benzene rings is 2. The molecule has 2 aromatic heterocycles. The molecule has 4 aromatic rings. The third kappa shape index (κ3) is 5.20. The van der Waals surface area contributed by atoms with Crippen molar-refractivity contribution in [2.75, 3.05) is 23.0 Å². The van der Waals surface area contributed by atoms with Crippen LogP contribution in [0.2, 0.25) is 0 Å². The fourth-order valence-corrected chi connectivity index (χ4v) is 5.70. The number of pyridine rings is 1. The number of rotatable bonds is 7. The molecule has 1 aliphatic rings. The standard InChI is InChI=1S/C26H24BrN5O3S2/c1-35-23-13-12-19(16-21(23)30-37(2,33)34)32-25(24(29-26(32)36)20-6-3-4-14-28-20)22-7-5-15-31(22)18-10-8-17(27)9-11-18/h3-16,24-25,30H,1-2H3,(H,29,36)/t24-,25-/m0/s1. The number of nitrogens with zero attached hydrogens (tertiary/aromatic N) is 3. The Bertz CT molecular complexity index is 1540. The van der Waals surface area contributed by atoms with Gasteiger partial charge in [-0.15, -0.1) is 0 Å². The SMILES string of the molecule is COc1ccc(N2C(=S)N[C@@H](c3ccccn3)[C@@H]2c2cccn2-c2ccc(Br)cc2)cc1NS(C)(=O)=O. The van der Waals surface area contributed by atoms with Crippen LogP contribution in [0.15, 0.2) is 89.7 Å². The molecule has 0 aliphatic carbocycles. The van der Waals surface area contributed by atoms with E-state index in [2.05, 4.69) is 41.6 Å². The number of hydrogen-bond donors (Lipinski definition) is 2.